The van der Waals surface area contributed by atoms with Crippen LogP contribution in [-0.4, -0.2) is 86.3 Å². The van der Waals surface area contributed by atoms with Crippen molar-refractivity contribution in [1.29, 1.82) is 0 Å². The molecule has 0 amide bonds. The van der Waals surface area contributed by atoms with Crippen molar-refractivity contribution in [1.82, 2.24) is 0 Å². The summed E-state index contributed by atoms with van der Waals surface area (Å²) in [7, 11) is 0. The third-order valence-electron chi connectivity index (χ3n) is 5.46. The van der Waals surface area contributed by atoms with E-state index in [4.69, 9.17) is 18.9 Å². The third kappa shape index (κ3) is 3.58. The molecular formula is C17H26O10. The number of hydrogen-bond donors (Lipinski definition) is 5. The number of fused-ring (bicyclic) bond motifs is 1. The van der Waals surface area contributed by atoms with E-state index in [1.165, 1.54) is 13.0 Å². The topological polar surface area (TPSA) is 155 Å². The Balaban J connectivity index is 1.86. The van der Waals surface area contributed by atoms with E-state index >= 15 is 0 Å². The van der Waals surface area contributed by atoms with Crippen LogP contribution in [-0.2, 0) is 23.7 Å². The van der Waals surface area contributed by atoms with Gasteiger partial charge < -0.3 is 44.5 Å². The van der Waals surface area contributed by atoms with Crippen molar-refractivity contribution in [2.45, 2.75) is 74.9 Å². The highest BCUT2D eigenvalue weighted by Gasteiger charge is 2.66. The Morgan fingerprint density at radius 3 is 2.63 bits per heavy atom. The third-order valence-corrected chi connectivity index (χ3v) is 5.46. The molecule has 0 spiro atoms. The van der Waals surface area contributed by atoms with Gasteiger partial charge in [-0.3, -0.25) is 4.79 Å². The molecule has 0 aromatic heterocycles. The van der Waals surface area contributed by atoms with Gasteiger partial charge in [-0.15, -0.1) is 0 Å². The Kier molecular flexibility index (Phi) is 5.52. The number of rotatable bonds is 4. The average Bonchev–Trinajstić information content (AvgIpc) is 2.77. The molecule has 154 valence electrons. The molecule has 10 heteroatoms. The number of carbonyl (C=O) groups excluding carboxylic acids is 1. The summed E-state index contributed by atoms with van der Waals surface area (Å²) in [5.74, 6) is -1.64. The van der Waals surface area contributed by atoms with E-state index in [1.807, 2.05) is 0 Å². The van der Waals surface area contributed by atoms with Gasteiger partial charge in [-0.05, 0) is 13.0 Å². The first kappa shape index (κ1) is 20.5. The highest BCUT2D eigenvalue weighted by molar-refractivity contribution is 5.66. The Labute approximate surface area is 155 Å². The summed E-state index contributed by atoms with van der Waals surface area (Å²) in [5.41, 5.74) is -3.11. The summed E-state index contributed by atoms with van der Waals surface area (Å²) < 4.78 is 21.9. The van der Waals surface area contributed by atoms with Gasteiger partial charge >= 0.3 is 5.97 Å². The van der Waals surface area contributed by atoms with E-state index in [0.717, 1.165) is 6.26 Å². The molecule has 10 nitrogen and oxygen atoms in total. The van der Waals surface area contributed by atoms with Crippen LogP contribution in [0, 0.1) is 5.92 Å². The maximum atomic E-state index is 11.6. The molecular weight excluding hydrogens is 364 g/mol. The zero-order valence-corrected chi connectivity index (χ0v) is 15.1. The first-order valence-corrected chi connectivity index (χ1v) is 8.82. The van der Waals surface area contributed by atoms with Gasteiger partial charge in [0, 0.05) is 19.8 Å². The minimum atomic E-state index is -1.79. The predicted octanol–water partition coefficient (Wildman–Crippen LogP) is -1.86. The van der Waals surface area contributed by atoms with Crippen LogP contribution in [0.3, 0.4) is 0 Å². The molecule has 2 fully saturated rings. The maximum absolute atomic E-state index is 11.6. The van der Waals surface area contributed by atoms with Crippen LogP contribution >= 0.6 is 0 Å². The molecule has 1 saturated carbocycles. The largest absolute Gasteiger partial charge is 0.472 e. The van der Waals surface area contributed by atoms with Crippen LogP contribution in [0.5, 0.6) is 0 Å². The van der Waals surface area contributed by atoms with Crippen LogP contribution in [0.25, 0.3) is 0 Å². The van der Waals surface area contributed by atoms with Gasteiger partial charge in [-0.2, -0.15) is 0 Å². The molecule has 1 aliphatic carbocycles. The SMILES string of the molecule is CC(=O)OC1(C)CC(O)C2(O)C=COC(OC3OC(CO)CC(O)C3O)C12. The number of aliphatic hydroxyl groups is 5. The highest BCUT2D eigenvalue weighted by Crippen LogP contribution is 2.51. The summed E-state index contributed by atoms with van der Waals surface area (Å²) >= 11 is 0. The second kappa shape index (κ2) is 7.28. The fraction of sp³-hybridized carbons (Fsp3) is 0.824. The van der Waals surface area contributed by atoms with Gasteiger partial charge in [0.1, 0.15) is 17.3 Å². The second-order valence-corrected chi connectivity index (χ2v) is 7.54. The number of hydrogen-bond acceptors (Lipinski definition) is 10. The number of ether oxygens (including phenoxy) is 4. The Morgan fingerprint density at radius 1 is 1.30 bits per heavy atom. The van der Waals surface area contributed by atoms with E-state index in [9.17, 15) is 30.3 Å². The van der Waals surface area contributed by atoms with Gasteiger partial charge in [0.2, 0.25) is 6.29 Å². The van der Waals surface area contributed by atoms with E-state index in [-0.39, 0.29) is 19.4 Å². The van der Waals surface area contributed by atoms with Gasteiger partial charge in [-0.25, -0.2) is 0 Å². The lowest BCUT2D eigenvalue weighted by atomic mass is 9.81. The number of carbonyl (C=O) groups is 1. The Bertz CT molecular complexity index is 596. The van der Waals surface area contributed by atoms with Crippen molar-refractivity contribution in [2.24, 2.45) is 5.92 Å². The lowest BCUT2D eigenvalue weighted by molar-refractivity contribution is -0.336. The average molecular weight is 390 g/mol. The summed E-state index contributed by atoms with van der Waals surface area (Å²) in [6, 6.07) is 0. The van der Waals surface area contributed by atoms with E-state index in [0.29, 0.717) is 0 Å². The number of aliphatic hydroxyl groups excluding tert-OH is 4. The maximum Gasteiger partial charge on any atom is 0.303 e. The van der Waals surface area contributed by atoms with Gasteiger partial charge in [0.05, 0.1) is 37.1 Å². The molecule has 2 aliphatic heterocycles. The van der Waals surface area contributed by atoms with E-state index < -0.39 is 60.1 Å². The van der Waals surface area contributed by atoms with Crippen molar-refractivity contribution >= 4 is 5.97 Å². The normalized spacial score (nSPS) is 49.4. The molecule has 0 radical (unpaired) electrons. The molecule has 0 bridgehead atoms. The van der Waals surface area contributed by atoms with Crippen molar-refractivity contribution < 1.29 is 49.3 Å². The van der Waals surface area contributed by atoms with Crippen molar-refractivity contribution in [2.75, 3.05) is 6.61 Å². The van der Waals surface area contributed by atoms with E-state index in [1.54, 1.807) is 6.92 Å². The molecule has 0 aromatic rings. The molecule has 0 aromatic carbocycles. The van der Waals surface area contributed by atoms with Crippen LogP contribution in [0.1, 0.15) is 26.7 Å². The molecule has 9 unspecified atom stereocenters. The molecule has 2 heterocycles. The molecule has 5 N–H and O–H groups in total. The van der Waals surface area contributed by atoms with E-state index in [2.05, 4.69) is 0 Å². The smallest absolute Gasteiger partial charge is 0.303 e. The van der Waals surface area contributed by atoms with Crippen LogP contribution < -0.4 is 0 Å². The van der Waals surface area contributed by atoms with Gasteiger partial charge in [-0.1, -0.05) is 0 Å². The fourth-order valence-electron chi connectivity index (χ4n) is 4.22. The first-order chi connectivity index (χ1) is 12.6. The van der Waals surface area contributed by atoms with Crippen LogP contribution in [0.15, 0.2) is 12.3 Å². The summed E-state index contributed by atoms with van der Waals surface area (Å²) in [5, 5.41) is 50.7. The van der Waals surface area contributed by atoms with Crippen molar-refractivity contribution in [3.63, 3.8) is 0 Å². The quantitative estimate of drug-likeness (QED) is 0.345. The highest BCUT2D eigenvalue weighted by atomic mass is 16.8. The first-order valence-electron chi connectivity index (χ1n) is 8.82. The second-order valence-electron chi connectivity index (χ2n) is 7.54. The van der Waals surface area contributed by atoms with Crippen molar-refractivity contribution in [3.05, 3.63) is 12.3 Å². The minimum absolute atomic E-state index is 0.0280. The monoisotopic (exact) mass is 390 g/mol. The fourth-order valence-corrected chi connectivity index (χ4v) is 4.22. The van der Waals surface area contributed by atoms with Crippen LogP contribution in [0.2, 0.25) is 0 Å². The van der Waals surface area contributed by atoms with Crippen LogP contribution in [0.4, 0.5) is 0 Å². The predicted molar refractivity (Wildman–Crippen MR) is 86.7 cm³/mol. The molecule has 27 heavy (non-hydrogen) atoms. The lowest BCUT2D eigenvalue weighted by Crippen LogP contribution is -2.58. The van der Waals surface area contributed by atoms with Crippen molar-refractivity contribution in [3.8, 4) is 0 Å². The number of esters is 1. The summed E-state index contributed by atoms with van der Waals surface area (Å²) in [6.45, 7) is 2.37. The Hall–Kier alpha value is -1.27. The molecule has 3 rings (SSSR count). The standard InChI is InChI=1S/C17H26O10/c1-8(19)27-16(2)6-11(21)17(23)3-4-24-15(13(16)17)26-14-12(22)10(20)5-9(7-18)25-14/h3-4,9-15,18,20-23H,5-7H2,1-2H3. The summed E-state index contributed by atoms with van der Waals surface area (Å²) in [6.07, 6.45) is -4.82. The summed E-state index contributed by atoms with van der Waals surface area (Å²) in [4.78, 5) is 11.6. The van der Waals surface area contributed by atoms with Gasteiger partial charge in [0.15, 0.2) is 6.29 Å². The zero-order valence-electron chi connectivity index (χ0n) is 15.1. The molecule has 3 aliphatic rings. The molecule has 9 atom stereocenters. The minimum Gasteiger partial charge on any atom is -0.472 e. The zero-order chi connectivity index (χ0) is 20.0. The lowest BCUT2D eigenvalue weighted by Gasteiger charge is -2.45. The Morgan fingerprint density at radius 2 is 2.00 bits per heavy atom. The molecule has 1 saturated heterocycles. The van der Waals surface area contributed by atoms with Gasteiger partial charge in [0.25, 0.3) is 0 Å².